The number of hydrogen-bond acceptors (Lipinski definition) is 3. The van der Waals surface area contributed by atoms with E-state index in [9.17, 15) is 0 Å². The Bertz CT molecular complexity index is 998. The fourth-order valence-electron chi connectivity index (χ4n) is 3.00. The number of nitrogens with one attached hydrogen (secondary N) is 1. The molecule has 0 spiro atoms. The second kappa shape index (κ2) is 4.37. The average Bonchev–Trinajstić information content (AvgIpc) is 3.34. The number of benzene rings is 1. The van der Waals surface area contributed by atoms with Crippen molar-refractivity contribution in [2.24, 2.45) is 0 Å². The van der Waals surface area contributed by atoms with Crippen LogP contribution in [-0.4, -0.2) is 19.9 Å². The molecule has 106 valence electrons. The van der Waals surface area contributed by atoms with Crippen LogP contribution in [0.15, 0.2) is 48.9 Å². The van der Waals surface area contributed by atoms with Crippen molar-refractivity contribution in [3.8, 4) is 11.1 Å². The maximum absolute atomic E-state index is 4.76. The summed E-state index contributed by atoms with van der Waals surface area (Å²) in [4.78, 5) is 16.8. The van der Waals surface area contributed by atoms with Crippen LogP contribution in [0.2, 0.25) is 0 Å². The first kappa shape index (κ1) is 11.9. The molecule has 1 aliphatic rings. The van der Waals surface area contributed by atoms with Gasteiger partial charge in [-0.1, -0.05) is 6.07 Å². The molecule has 0 saturated heterocycles. The summed E-state index contributed by atoms with van der Waals surface area (Å²) in [5.74, 6) is 0.673. The first-order valence-electron chi connectivity index (χ1n) is 7.58. The minimum absolute atomic E-state index is 0.673. The molecule has 3 aromatic heterocycles. The summed E-state index contributed by atoms with van der Waals surface area (Å²) < 4.78 is 0. The number of hydrogen-bond donors (Lipinski definition) is 1. The van der Waals surface area contributed by atoms with E-state index in [1.807, 2.05) is 12.3 Å². The monoisotopic (exact) mass is 286 g/mol. The number of nitrogens with zero attached hydrogens (tertiary/aromatic N) is 3. The smallest absolute Gasteiger partial charge is 0.138 e. The summed E-state index contributed by atoms with van der Waals surface area (Å²) in [6, 6.07) is 10.5. The van der Waals surface area contributed by atoms with Crippen molar-refractivity contribution in [1.29, 1.82) is 0 Å². The molecule has 1 aromatic carbocycles. The van der Waals surface area contributed by atoms with E-state index in [1.54, 1.807) is 12.4 Å². The van der Waals surface area contributed by atoms with Crippen molar-refractivity contribution in [3.63, 3.8) is 0 Å². The Kier molecular flexibility index (Phi) is 2.36. The lowest BCUT2D eigenvalue weighted by Crippen LogP contribution is -1.86. The molecule has 0 atom stereocenters. The molecule has 3 heterocycles. The van der Waals surface area contributed by atoms with Gasteiger partial charge >= 0.3 is 0 Å². The van der Waals surface area contributed by atoms with Gasteiger partial charge in [-0.3, -0.25) is 9.97 Å². The van der Waals surface area contributed by atoms with Gasteiger partial charge in [-0.2, -0.15) is 0 Å². The zero-order valence-electron chi connectivity index (χ0n) is 12.0. The van der Waals surface area contributed by atoms with Gasteiger partial charge in [0.05, 0.1) is 11.0 Å². The molecule has 4 heteroatoms. The Morgan fingerprint density at radius 1 is 0.955 bits per heavy atom. The number of aromatic amines is 1. The fraction of sp³-hybridized carbons (Fsp3) is 0.167. The van der Waals surface area contributed by atoms with Crippen LogP contribution >= 0.6 is 0 Å². The van der Waals surface area contributed by atoms with Crippen molar-refractivity contribution in [2.45, 2.75) is 18.8 Å². The molecule has 1 aliphatic carbocycles. The Labute approximate surface area is 127 Å². The zero-order chi connectivity index (χ0) is 14.5. The lowest BCUT2D eigenvalue weighted by atomic mass is 10.0. The van der Waals surface area contributed by atoms with Gasteiger partial charge in [0.15, 0.2) is 0 Å². The third-order valence-electron chi connectivity index (χ3n) is 4.34. The molecule has 4 nitrogen and oxygen atoms in total. The van der Waals surface area contributed by atoms with E-state index in [0.29, 0.717) is 5.92 Å². The van der Waals surface area contributed by atoms with E-state index < -0.39 is 0 Å². The SMILES string of the molecule is c1cnc2cc(-c3c[nH]c4nc(C5CC5)ccc34)ccc2n1. The quantitative estimate of drug-likeness (QED) is 0.605. The highest BCUT2D eigenvalue weighted by Crippen LogP contribution is 2.40. The van der Waals surface area contributed by atoms with E-state index in [1.165, 1.54) is 18.5 Å². The van der Waals surface area contributed by atoms with Crippen LogP contribution in [0.3, 0.4) is 0 Å². The first-order chi connectivity index (χ1) is 10.9. The highest BCUT2D eigenvalue weighted by molar-refractivity contribution is 5.95. The molecule has 4 aromatic rings. The van der Waals surface area contributed by atoms with Crippen LogP contribution in [-0.2, 0) is 0 Å². The molecule has 1 fully saturated rings. The Hall–Kier alpha value is -2.75. The van der Waals surface area contributed by atoms with Gasteiger partial charge in [-0.25, -0.2) is 4.98 Å². The van der Waals surface area contributed by atoms with Crippen molar-refractivity contribution in [3.05, 3.63) is 54.6 Å². The summed E-state index contributed by atoms with van der Waals surface area (Å²) in [5.41, 5.74) is 6.32. The highest BCUT2D eigenvalue weighted by atomic mass is 14.9. The van der Waals surface area contributed by atoms with Crippen LogP contribution in [0.5, 0.6) is 0 Å². The van der Waals surface area contributed by atoms with E-state index in [2.05, 4.69) is 39.2 Å². The summed E-state index contributed by atoms with van der Waals surface area (Å²) in [6.07, 6.45) is 8.03. The fourth-order valence-corrected chi connectivity index (χ4v) is 3.00. The molecule has 0 radical (unpaired) electrons. The van der Waals surface area contributed by atoms with E-state index in [-0.39, 0.29) is 0 Å². The zero-order valence-corrected chi connectivity index (χ0v) is 12.0. The molecular weight excluding hydrogens is 272 g/mol. The predicted molar refractivity (Wildman–Crippen MR) is 86.6 cm³/mol. The standard InChI is InChI=1S/C18H14N4/c1-2-11(1)15-6-4-13-14(10-21-18(13)22-15)12-3-5-16-17(9-12)20-8-7-19-16/h3-11H,1-2H2,(H,21,22). The molecule has 22 heavy (non-hydrogen) atoms. The minimum atomic E-state index is 0.673. The molecule has 0 unspecified atom stereocenters. The van der Waals surface area contributed by atoms with Crippen molar-refractivity contribution in [1.82, 2.24) is 19.9 Å². The average molecular weight is 286 g/mol. The Balaban J connectivity index is 1.67. The summed E-state index contributed by atoms with van der Waals surface area (Å²) in [5, 5.41) is 1.16. The van der Waals surface area contributed by atoms with Crippen molar-refractivity contribution < 1.29 is 0 Å². The molecular formula is C18H14N4. The topological polar surface area (TPSA) is 54.5 Å². The number of pyridine rings is 1. The summed E-state index contributed by atoms with van der Waals surface area (Å²) >= 11 is 0. The summed E-state index contributed by atoms with van der Waals surface area (Å²) in [7, 11) is 0. The normalized spacial score (nSPS) is 14.7. The van der Waals surface area contributed by atoms with Gasteiger partial charge in [-0.15, -0.1) is 0 Å². The summed E-state index contributed by atoms with van der Waals surface area (Å²) in [6.45, 7) is 0. The van der Waals surface area contributed by atoms with Crippen LogP contribution in [0.1, 0.15) is 24.5 Å². The molecule has 0 amide bonds. The predicted octanol–water partition coefficient (Wildman–Crippen LogP) is 4.05. The van der Waals surface area contributed by atoms with Crippen molar-refractivity contribution in [2.75, 3.05) is 0 Å². The van der Waals surface area contributed by atoms with Gasteiger partial charge in [0.25, 0.3) is 0 Å². The van der Waals surface area contributed by atoms with E-state index in [0.717, 1.165) is 33.2 Å². The molecule has 0 aliphatic heterocycles. The number of H-pyrrole nitrogens is 1. The highest BCUT2D eigenvalue weighted by Gasteiger charge is 2.25. The van der Waals surface area contributed by atoms with Gasteiger partial charge < -0.3 is 4.98 Å². The molecule has 0 bridgehead atoms. The molecule has 5 rings (SSSR count). The van der Waals surface area contributed by atoms with Crippen molar-refractivity contribution >= 4 is 22.1 Å². The lowest BCUT2D eigenvalue weighted by molar-refractivity contribution is 1.04. The van der Waals surface area contributed by atoms with Gasteiger partial charge in [0.2, 0.25) is 0 Å². The van der Waals surface area contributed by atoms with Crippen LogP contribution in [0, 0.1) is 0 Å². The maximum atomic E-state index is 4.76. The first-order valence-corrected chi connectivity index (χ1v) is 7.58. The third kappa shape index (κ3) is 1.80. The van der Waals surface area contributed by atoms with Crippen LogP contribution < -0.4 is 0 Å². The maximum Gasteiger partial charge on any atom is 0.138 e. The van der Waals surface area contributed by atoms with Gasteiger partial charge in [0.1, 0.15) is 5.65 Å². The number of rotatable bonds is 2. The lowest BCUT2D eigenvalue weighted by Gasteiger charge is -2.02. The Morgan fingerprint density at radius 2 is 1.82 bits per heavy atom. The number of aromatic nitrogens is 4. The third-order valence-corrected chi connectivity index (χ3v) is 4.34. The van der Waals surface area contributed by atoms with Crippen LogP contribution in [0.25, 0.3) is 33.2 Å². The Morgan fingerprint density at radius 3 is 2.68 bits per heavy atom. The van der Waals surface area contributed by atoms with E-state index >= 15 is 0 Å². The molecule has 1 N–H and O–H groups in total. The minimum Gasteiger partial charge on any atom is -0.346 e. The second-order valence-electron chi connectivity index (χ2n) is 5.87. The number of fused-ring (bicyclic) bond motifs is 2. The van der Waals surface area contributed by atoms with Crippen LogP contribution in [0.4, 0.5) is 0 Å². The molecule has 1 saturated carbocycles. The van der Waals surface area contributed by atoms with E-state index in [4.69, 9.17) is 4.98 Å². The second-order valence-corrected chi connectivity index (χ2v) is 5.87. The van der Waals surface area contributed by atoms with Gasteiger partial charge in [-0.05, 0) is 42.7 Å². The van der Waals surface area contributed by atoms with Gasteiger partial charge in [0, 0.05) is 41.2 Å². The largest absolute Gasteiger partial charge is 0.346 e.